The van der Waals surface area contributed by atoms with Gasteiger partial charge in [-0.25, -0.2) is 4.98 Å². The van der Waals surface area contributed by atoms with Crippen LogP contribution in [0.25, 0.3) is 5.69 Å². The number of hydrogen-bond donors (Lipinski definition) is 2. The number of rotatable bonds is 4. The summed E-state index contributed by atoms with van der Waals surface area (Å²) in [7, 11) is 0. The van der Waals surface area contributed by atoms with Crippen LogP contribution in [0.3, 0.4) is 0 Å². The van der Waals surface area contributed by atoms with Crippen molar-refractivity contribution in [3.63, 3.8) is 0 Å². The van der Waals surface area contributed by atoms with Gasteiger partial charge in [0, 0.05) is 30.8 Å². The van der Waals surface area contributed by atoms with Gasteiger partial charge >= 0.3 is 0 Å². The second kappa shape index (κ2) is 6.49. The van der Waals surface area contributed by atoms with Crippen LogP contribution >= 0.6 is 0 Å². The fourth-order valence-electron chi connectivity index (χ4n) is 3.07. The maximum Gasteiger partial charge on any atom is 0.152 e. The van der Waals surface area contributed by atoms with Gasteiger partial charge in [-0.05, 0) is 43.9 Å². The van der Waals surface area contributed by atoms with Crippen molar-refractivity contribution in [2.75, 3.05) is 11.9 Å². The van der Waals surface area contributed by atoms with Crippen LogP contribution in [-0.4, -0.2) is 26.4 Å². The lowest BCUT2D eigenvalue weighted by Crippen LogP contribution is -2.11. The molecular weight excluding hydrogens is 302 g/mol. The summed E-state index contributed by atoms with van der Waals surface area (Å²) in [5.74, 6) is 0.805. The number of nitrogens with zero attached hydrogens (tertiary/aromatic N) is 3. The molecule has 1 aromatic carbocycles. The minimum atomic E-state index is 0.140. The molecule has 3 aromatic rings. The Bertz CT molecular complexity index is 803. The van der Waals surface area contributed by atoms with E-state index in [1.807, 2.05) is 16.8 Å². The predicted molar refractivity (Wildman–Crippen MR) is 92.7 cm³/mol. The van der Waals surface area contributed by atoms with E-state index in [1.165, 1.54) is 12.0 Å². The van der Waals surface area contributed by atoms with Crippen molar-refractivity contribution in [3.05, 3.63) is 54.2 Å². The number of anilines is 2. The Morgan fingerprint density at radius 3 is 3.04 bits per heavy atom. The molecule has 4 rings (SSSR count). The van der Waals surface area contributed by atoms with Crippen molar-refractivity contribution in [3.8, 4) is 5.69 Å². The van der Waals surface area contributed by atoms with Gasteiger partial charge in [0.2, 0.25) is 0 Å². The van der Waals surface area contributed by atoms with E-state index in [0.717, 1.165) is 42.3 Å². The van der Waals surface area contributed by atoms with Crippen molar-refractivity contribution in [2.24, 2.45) is 0 Å². The van der Waals surface area contributed by atoms with Crippen LogP contribution in [0, 0.1) is 6.92 Å². The predicted octanol–water partition coefficient (Wildman–Crippen LogP) is 3.89. The second-order valence-corrected chi connectivity index (χ2v) is 6.16. The molecule has 6 nitrogen and oxygen atoms in total. The number of ether oxygens (including phenoxy) is 1. The Balaban J connectivity index is 1.53. The third-order valence-corrected chi connectivity index (χ3v) is 4.39. The smallest absolute Gasteiger partial charge is 0.152 e. The summed E-state index contributed by atoms with van der Waals surface area (Å²) >= 11 is 0. The minimum absolute atomic E-state index is 0.140. The molecule has 1 unspecified atom stereocenters. The number of benzene rings is 1. The summed E-state index contributed by atoms with van der Waals surface area (Å²) in [6, 6.07) is 8.28. The van der Waals surface area contributed by atoms with Crippen molar-refractivity contribution in [2.45, 2.75) is 32.3 Å². The van der Waals surface area contributed by atoms with E-state index < -0.39 is 0 Å². The van der Waals surface area contributed by atoms with Crippen LogP contribution in [0.15, 0.2) is 43.0 Å². The van der Waals surface area contributed by atoms with Gasteiger partial charge in [-0.15, -0.1) is 0 Å². The van der Waals surface area contributed by atoms with E-state index >= 15 is 0 Å². The van der Waals surface area contributed by atoms with Crippen LogP contribution in [0.4, 0.5) is 11.5 Å². The summed E-state index contributed by atoms with van der Waals surface area (Å²) in [5.41, 5.74) is 4.33. The van der Waals surface area contributed by atoms with E-state index in [9.17, 15) is 0 Å². The first-order chi connectivity index (χ1) is 11.8. The molecule has 2 N–H and O–H groups in total. The van der Waals surface area contributed by atoms with E-state index in [-0.39, 0.29) is 6.10 Å². The molecule has 124 valence electrons. The molecule has 0 aliphatic carbocycles. The summed E-state index contributed by atoms with van der Waals surface area (Å²) in [4.78, 5) is 4.12. The van der Waals surface area contributed by atoms with Crippen LogP contribution in [0.2, 0.25) is 0 Å². The lowest BCUT2D eigenvalue weighted by atomic mass is 10.1. The van der Waals surface area contributed by atoms with Gasteiger partial charge < -0.3 is 14.6 Å². The average molecular weight is 323 g/mol. The van der Waals surface area contributed by atoms with Crippen molar-refractivity contribution >= 4 is 11.5 Å². The first-order valence-corrected chi connectivity index (χ1v) is 8.32. The highest BCUT2D eigenvalue weighted by Crippen LogP contribution is 2.28. The lowest BCUT2D eigenvalue weighted by Gasteiger charge is -2.20. The Morgan fingerprint density at radius 1 is 1.29 bits per heavy atom. The first-order valence-electron chi connectivity index (χ1n) is 8.32. The zero-order chi connectivity index (χ0) is 16.4. The van der Waals surface area contributed by atoms with E-state index in [2.05, 4.69) is 45.6 Å². The van der Waals surface area contributed by atoms with Crippen molar-refractivity contribution in [1.82, 2.24) is 19.7 Å². The molecular formula is C18H21N5O. The molecule has 6 heteroatoms. The largest absolute Gasteiger partial charge is 0.372 e. The molecule has 1 aliphatic heterocycles. The summed E-state index contributed by atoms with van der Waals surface area (Å²) in [6.07, 6.45) is 9.08. The van der Waals surface area contributed by atoms with Crippen LogP contribution in [-0.2, 0) is 4.74 Å². The molecule has 0 radical (unpaired) electrons. The van der Waals surface area contributed by atoms with Gasteiger partial charge in [-0.2, -0.15) is 5.10 Å². The summed E-state index contributed by atoms with van der Waals surface area (Å²) < 4.78 is 7.81. The molecule has 1 fully saturated rings. The maximum absolute atomic E-state index is 5.80. The second-order valence-electron chi connectivity index (χ2n) is 6.16. The van der Waals surface area contributed by atoms with E-state index in [0.29, 0.717) is 0 Å². The standard InChI is InChI=1S/C18H21N5O/c1-13-5-6-14(10-16(13)23-8-7-19-12-23)20-18-11-15(21-22-18)17-4-2-3-9-24-17/h5-8,10-12,17H,2-4,9H2,1H3,(H2,20,21,22). The van der Waals surface area contributed by atoms with Gasteiger partial charge in [0.1, 0.15) is 0 Å². The molecule has 24 heavy (non-hydrogen) atoms. The fraction of sp³-hybridized carbons (Fsp3) is 0.333. The van der Waals surface area contributed by atoms with Crippen molar-refractivity contribution < 1.29 is 4.74 Å². The highest BCUT2D eigenvalue weighted by atomic mass is 16.5. The Kier molecular flexibility index (Phi) is 4.04. The monoisotopic (exact) mass is 323 g/mol. The molecule has 0 saturated carbocycles. The molecule has 2 aromatic heterocycles. The topological polar surface area (TPSA) is 67.8 Å². The first kappa shape index (κ1) is 15.0. The quantitative estimate of drug-likeness (QED) is 0.764. The number of nitrogens with one attached hydrogen (secondary N) is 2. The Morgan fingerprint density at radius 2 is 2.25 bits per heavy atom. The third-order valence-electron chi connectivity index (χ3n) is 4.39. The van der Waals surface area contributed by atoms with Gasteiger partial charge in [-0.3, -0.25) is 5.10 Å². The zero-order valence-electron chi connectivity index (χ0n) is 13.7. The molecule has 1 aliphatic rings. The van der Waals surface area contributed by atoms with Gasteiger partial charge in [-0.1, -0.05) is 6.07 Å². The van der Waals surface area contributed by atoms with Crippen LogP contribution in [0.1, 0.15) is 36.6 Å². The number of imidazole rings is 1. The molecule has 0 bridgehead atoms. The minimum Gasteiger partial charge on any atom is -0.372 e. The zero-order valence-corrected chi connectivity index (χ0v) is 13.7. The maximum atomic E-state index is 5.80. The highest BCUT2D eigenvalue weighted by molar-refractivity contribution is 5.61. The highest BCUT2D eigenvalue weighted by Gasteiger charge is 2.18. The summed E-state index contributed by atoms with van der Waals surface area (Å²) in [5, 5.41) is 10.8. The van der Waals surface area contributed by atoms with Gasteiger partial charge in [0.25, 0.3) is 0 Å². The molecule has 0 spiro atoms. The Labute approximate surface area is 140 Å². The van der Waals surface area contributed by atoms with Crippen LogP contribution < -0.4 is 5.32 Å². The molecule has 3 heterocycles. The number of aryl methyl sites for hydroxylation is 1. The number of aromatic amines is 1. The lowest BCUT2D eigenvalue weighted by molar-refractivity contribution is 0.0123. The number of aromatic nitrogens is 4. The molecule has 0 amide bonds. The fourth-order valence-corrected chi connectivity index (χ4v) is 3.07. The van der Waals surface area contributed by atoms with Crippen LogP contribution in [0.5, 0.6) is 0 Å². The number of H-pyrrole nitrogens is 1. The van der Waals surface area contributed by atoms with E-state index in [4.69, 9.17) is 4.74 Å². The summed E-state index contributed by atoms with van der Waals surface area (Å²) in [6.45, 7) is 2.92. The van der Waals surface area contributed by atoms with Gasteiger partial charge in [0.05, 0.1) is 23.8 Å². The van der Waals surface area contributed by atoms with Gasteiger partial charge in [0.15, 0.2) is 5.82 Å². The Hall–Kier alpha value is -2.60. The molecule has 1 atom stereocenters. The average Bonchev–Trinajstić information content (AvgIpc) is 3.29. The molecule has 1 saturated heterocycles. The SMILES string of the molecule is Cc1ccc(Nc2cc(C3CCCCO3)[nH]n2)cc1-n1ccnc1. The van der Waals surface area contributed by atoms with Crippen molar-refractivity contribution in [1.29, 1.82) is 0 Å². The normalized spacial score (nSPS) is 17.8. The third kappa shape index (κ3) is 3.05. The van der Waals surface area contributed by atoms with E-state index in [1.54, 1.807) is 12.5 Å². The number of hydrogen-bond acceptors (Lipinski definition) is 4.